The Morgan fingerprint density at radius 2 is 1.82 bits per heavy atom. The van der Waals surface area contributed by atoms with E-state index in [4.69, 9.17) is 15.2 Å². The number of ether oxygens (including phenoxy) is 2. The summed E-state index contributed by atoms with van der Waals surface area (Å²) in [4.78, 5) is 26.5. The summed E-state index contributed by atoms with van der Waals surface area (Å²) in [5, 5.41) is 14.6. The first-order valence-corrected chi connectivity index (χ1v) is 10.8. The van der Waals surface area contributed by atoms with E-state index in [9.17, 15) is 14.7 Å². The van der Waals surface area contributed by atoms with Crippen LogP contribution in [0.5, 0.6) is 17.2 Å². The maximum atomic E-state index is 13.5. The summed E-state index contributed by atoms with van der Waals surface area (Å²) in [6.07, 6.45) is -0.0782. The van der Waals surface area contributed by atoms with Crippen molar-refractivity contribution in [3.8, 4) is 17.2 Å². The zero-order valence-electron chi connectivity index (χ0n) is 18.4. The van der Waals surface area contributed by atoms with Gasteiger partial charge in [-0.1, -0.05) is 18.2 Å². The normalized spacial score (nSPS) is 13.1. The first-order chi connectivity index (χ1) is 16.4. The number of aryl methyl sites for hydroxylation is 1. The maximum Gasteiger partial charge on any atom is 0.265 e. The molecule has 1 aliphatic heterocycles. The number of carbonyl (C=O) groups excluding carboxylic acids is 1. The van der Waals surface area contributed by atoms with E-state index in [1.807, 2.05) is 24.3 Å². The van der Waals surface area contributed by atoms with Crippen molar-refractivity contribution in [2.24, 2.45) is 7.05 Å². The van der Waals surface area contributed by atoms with Crippen LogP contribution in [0.1, 0.15) is 28.4 Å². The minimum absolute atomic E-state index is 0.0782. The van der Waals surface area contributed by atoms with Gasteiger partial charge in [-0.05, 0) is 54.1 Å². The second-order valence-corrected chi connectivity index (χ2v) is 8.16. The topological polar surface area (TPSA) is 116 Å². The number of Topliss-reactive ketones (excluding diaryl/α,β-unsaturated/α-hetero) is 1. The smallest absolute Gasteiger partial charge is 0.265 e. The van der Waals surface area contributed by atoms with Gasteiger partial charge in [-0.3, -0.25) is 9.59 Å². The van der Waals surface area contributed by atoms with Gasteiger partial charge in [0.2, 0.25) is 6.79 Å². The number of anilines is 2. The van der Waals surface area contributed by atoms with Gasteiger partial charge in [-0.15, -0.1) is 0 Å². The van der Waals surface area contributed by atoms with Crippen molar-refractivity contribution < 1.29 is 19.4 Å². The number of nitrogens with one attached hydrogen (secondary N) is 1. The van der Waals surface area contributed by atoms with E-state index in [1.165, 1.54) is 4.57 Å². The lowest BCUT2D eigenvalue weighted by atomic mass is 9.96. The van der Waals surface area contributed by atoms with Crippen molar-refractivity contribution in [2.75, 3.05) is 17.8 Å². The Labute approximate surface area is 195 Å². The Morgan fingerprint density at radius 1 is 1.09 bits per heavy atom. The molecule has 0 amide bonds. The van der Waals surface area contributed by atoms with E-state index in [-0.39, 0.29) is 24.5 Å². The highest BCUT2D eigenvalue weighted by Crippen LogP contribution is 2.36. The van der Waals surface area contributed by atoms with E-state index >= 15 is 0 Å². The molecule has 8 nitrogen and oxygen atoms in total. The maximum absolute atomic E-state index is 13.5. The highest BCUT2D eigenvalue weighted by Gasteiger charge is 2.26. The van der Waals surface area contributed by atoms with Crippen LogP contribution >= 0.6 is 0 Å². The monoisotopic (exact) mass is 457 g/mol. The van der Waals surface area contributed by atoms with Gasteiger partial charge in [0.05, 0.1) is 11.6 Å². The molecule has 0 aliphatic carbocycles. The van der Waals surface area contributed by atoms with Crippen LogP contribution in [0, 0.1) is 0 Å². The van der Waals surface area contributed by atoms with E-state index in [0.717, 1.165) is 11.3 Å². The number of para-hydroxylation sites is 1. The molecule has 0 bridgehead atoms. The van der Waals surface area contributed by atoms with Crippen molar-refractivity contribution in [3.63, 3.8) is 0 Å². The van der Waals surface area contributed by atoms with Crippen LogP contribution in [0.25, 0.3) is 10.9 Å². The van der Waals surface area contributed by atoms with Crippen LogP contribution in [-0.2, 0) is 7.05 Å². The van der Waals surface area contributed by atoms with Gasteiger partial charge in [0, 0.05) is 30.2 Å². The fraction of sp³-hybridized carbons (Fsp3) is 0.154. The van der Waals surface area contributed by atoms with E-state index in [1.54, 1.807) is 49.5 Å². The lowest BCUT2D eigenvalue weighted by Crippen LogP contribution is -2.26. The fourth-order valence-electron chi connectivity index (χ4n) is 4.18. The number of nitrogen functional groups attached to an aromatic ring is 1. The van der Waals surface area contributed by atoms with E-state index in [0.29, 0.717) is 28.1 Å². The number of rotatable bonds is 6. The van der Waals surface area contributed by atoms with Crippen LogP contribution in [0.2, 0.25) is 0 Å². The molecule has 172 valence electrons. The van der Waals surface area contributed by atoms with Crippen LogP contribution in [0.4, 0.5) is 11.4 Å². The molecule has 1 atom stereocenters. The molecule has 3 aromatic carbocycles. The third-order valence-corrected chi connectivity index (χ3v) is 5.99. The number of benzene rings is 3. The van der Waals surface area contributed by atoms with Gasteiger partial charge in [0.15, 0.2) is 17.3 Å². The number of hydrogen-bond donors (Lipinski definition) is 3. The third-order valence-electron chi connectivity index (χ3n) is 5.99. The quantitative estimate of drug-likeness (QED) is 0.296. The Kier molecular flexibility index (Phi) is 5.33. The first-order valence-electron chi connectivity index (χ1n) is 10.8. The summed E-state index contributed by atoms with van der Waals surface area (Å²) in [6.45, 7) is 0.134. The molecule has 2 heterocycles. The van der Waals surface area contributed by atoms with Crippen LogP contribution < -0.4 is 26.1 Å². The SMILES string of the molecule is Cn1c(=O)c(C(=O)C[C@@H](Nc2ccc(N)cc2)c2ccc3c(c2)OCO3)c(O)c2ccccc21. The van der Waals surface area contributed by atoms with Crippen molar-refractivity contribution in [2.45, 2.75) is 12.5 Å². The minimum atomic E-state index is -0.543. The summed E-state index contributed by atoms with van der Waals surface area (Å²) < 4.78 is 12.3. The number of aromatic nitrogens is 1. The molecular formula is C26H23N3O5. The van der Waals surface area contributed by atoms with Crippen molar-refractivity contribution in [1.29, 1.82) is 0 Å². The number of fused-ring (bicyclic) bond motifs is 2. The van der Waals surface area contributed by atoms with Gasteiger partial charge < -0.3 is 30.2 Å². The summed E-state index contributed by atoms with van der Waals surface area (Å²) in [6, 6.07) is 19.0. The van der Waals surface area contributed by atoms with Gasteiger partial charge in [0.25, 0.3) is 5.56 Å². The number of pyridine rings is 1. The molecule has 0 unspecified atom stereocenters. The fourth-order valence-corrected chi connectivity index (χ4v) is 4.18. The van der Waals surface area contributed by atoms with Crippen molar-refractivity contribution >= 4 is 28.1 Å². The summed E-state index contributed by atoms with van der Waals surface area (Å²) in [5.74, 6) is 0.427. The molecule has 1 aromatic heterocycles. The molecule has 0 radical (unpaired) electrons. The second-order valence-electron chi connectivity index (χ2n) is 8.16. The predicted octanol–water partition coefficient (Wildman–Crippen LogP) is 3.98. The first kappa shape index (κ1) is 21.4. The molecule has 34 heavy (non-hydrogen) atoms. The third kappa shape index (κ3) is 3.79. The average molecular weight is 457 g/mol. The Balaban J connectivity index is 1.54. The molecule has 1 aliphatic rings. The summed E-state index contributed by atoms with van der Waals surface area (Å²) in [7, 11) is 1.59. The Bertz CT molecular complexity index is 1460. The van der Waals surface area contributed by atoms with Crippen LogP contribution in [0.3, 0.4) is 0 Å². The van der Waals surface area contributed by atoms with Crippen molar-refractivity contribution in [1.82, 2.24) is 4.57 Å². The molecule has 0 fully saturated rings. The lowest BCUT2D eigenvalue weighted by Gasteiger charge is -2.21. The highest BCUT2D eigenvalue weighted by molar-refractivity contribution is 6.03. The number of carbonyl (C=O) groups is 1. The lowest BCUT2D eigenvalue weighted by molar-refractivity contribution is 0.0972. The molecule has 4 N–H and O–H groups in total. The molecule has 0 saturated heterocycles. The second kappa shape index (κ2) is 8.47. The van der Waals surface area contributed by atoms with Gasteiger partial charge in [-0.2, -0.15) is 0 Å². The zero-order valence-corrected chi connectivity index (χ0v) is 18.4. The van der Waals surface area contributed by atoms with Crippen LogP contribution in [-0.4, -0.2) is 22.2 Å². The largest absolute Gasteiger partial charge is 0.506 e. The van der Waals surface area contributed by atoms with Crippen molar-refractivity contribution in [3.05, 3.63) is 88.2 Å². The minimum Gasteiger partial charge on any atom is -0.506 e. The Morgan fingerprint density at radius 3 is 2.62 bits per heavy atom. The zero-order chi connectivity index (χ0) is 23.8. The van der Waals surface area contributed by atoms with Crippen LogP contribution in [0.15, 0.2) is 71.5 Å². The van der Waals surface area contributed by atoms with Gasteiger partial charge in [-0.25, -0.2) is 0 Å². The number of nitrogens with two attached hydrogens (primary N) is 1. The van der Waals surface area contributed by atoms with Gasteiger partial charge in [0.1, 0.15) is 11.3 Å². The van der Waals surface area contributed by atoms with Gasteiger partial charge >= 0.3 is 0 Å². The van der Waals surface area contributed by atoms with E-state index < -0.39 is 17.4 Å². The molecular weight excluding hydrogens is 434 g/mol. The molecule has 4 aromatic rings. The van der Waals surface area contributed by atoms with E-state index in [2.05, 4.69) is 5.32 Å². The molecule has 0 saturated carbocycles. The number of hydrogen-bond acceptors (Lipinski definition) is 7. The summed E-state index contributed by atoms with van der Waals surface area (Å²) in [5.41, 5.74) is 7.72. The number of nitrogens with zero attached hydrogens (tertiary/aromatic N) is 1. The Hall–Kier alpha value is -4.46. The molecule has 8 heteroatoms. The standard InChI is InChI=1S/C26H23N3O5/c1-29-20-5-3-2-4-18(20)25(31)24(26(29)32)21(30)13-19(28-17-9-7-16(27)8-10-17)15-6-11-22-23(12-15)34-14-33-22/h2-12,19,28,31H,13-14,27H2,1H3/t19-/m1/s1. The summed E-state index contributed by atoms with van der Waals surface area (Å²) >= 11 is 0. The predicted molar refractivity (Wildman–Crippen MR) is 130 cm³/mol. The number of ketones is 1. The average Bonchev–Trinajstić information content (AvgIpc) is 3.32. The number of aromatic hydroxyl groups is 1. The molecule has 5 rings (SSSR count). The highest BCUT2D eigenvalue weighted by atomic mass is 16.7. The molecule has 0 spiro atoms.